The number of nitrogens with zero attached hydrogens (tertiary/aromatic N) is 4. The molecule has 0 aromatic carbocycles. The lowest BCUT2D eigenvalue weighted by Crippen LogP contribution is -2.20. The van der Waals surface area contributed by atoms with Crippen molar-refractivity contribution >= 4 is 17.2 Å². The first-order valence-corrected chi connectivity index (χ1v) is 7.31. The highest BCUT2D eigenvalue weighted by molar-refractivity contribution is 7.09. The number of hydrogen-bond donors (Lipinski definition) is 0. The Bertz CT molecular complexity index is 562. The van der Waals surface area contributed by atoms with Gasteiger partial charge >= 0.3 is 0 Å². The minimum atomic E-state index is 0.490. The third kappa shape index (κ3) is 3.29. The molecule has 0 bridgehead atoms. The lowest BCUT2D eigenvalue weighted by atomic mass is 10.2. The van der Waals surface area contributed by atoms with Crippen molar-refractivity contribution in [2.45, 2.75) is 40.2 Å². The summed E-state index contributed by atoms with van der Waals surface area (Å²) >= 11 is 1.73. The van der Waals surface area contributed by atoms with Crippen molar-refractivity contribution < 1.29 is 0 Å². The summed E-state index contributed by atoms with van der Waals surface area (Å²) in [7, 11) is 2.03. The van der Waals surface area contributed by atoms with Crippen LogP contribution >= 0.6 is 11.3 Å². The summed E-state index contributed by atoms with van der Waals surface area (Å²) in [6.45, 7) is 9.05. The molecule has 2 aromatic rings. The Morgan fingerprint density at radius 2 is 2.00 bits per heavy atom. The molecule has 0 spiro atoms. The maximum Gasteiger partial charge on any atom is 0.150 e. The van der Waals surface area contributed by atoms with Gasteiger partial charge < -0.3 is 4.90 Å². The molecule has 0 radical (unpaired) electrons. The van der Waals surface area contributed by atoms with Gasteiger partial charge in [0.05, 0.1) is 28.6 Å². The van der Waals surface area contributed by atoms with Gasteiger partial charge in [0.1, 0.15) is 5.82 Å². The summed E-state index contributed by atoms with van der Waals surface area (Å²) in [6, 6.07) is 0. The number of rotatable bonds is 4. The Labute approximate surface area is 118 Å². The number of thiazole rings is 1. The Morgan fingerprint density at radius 3 is 2.63 bits per heavy atom. The molecule has 19 heavy (non-hydrogen) atoms. The fourth-order valence-electron chi connectivity index (χ4n) is 1.86. The number of anilines is 1. The smallest absolute Gasteiger partial charge is 0.150 e. The lowest BCUT2D eigenvalue weighted by molar-refractivity contribution is 0.812. The van der Waals surface area contributed by atoms with Crippen LogP contribution < -0.4 is 4.90 Å². The van der Waals surface area contributed by atoms with Gasteiger partial charge in [0.15, 0.2) is 0 Å². The molecule has 0 amide bonds. The molecular weight excluding hydrogens is 256 g/mol. The van der Waals surface area contributed by atoms with Gasteiger partial charge in [-0.15, -0.1) is 11.3 Å². The minimum absolute atomic E-state index is 0.490. The van der Waals surface area contributed by atoms with E-state index in [9.17, 15) is 0 Å². The van der Waals surface area contributed by atoms with Crippen LogP contribution in [0.4, 0.5) is 5.82 Å². The van der Waals surface area contributed by atoms with Crippen LogP contribution in [-0.4, -0.2) is 22.0 Å². The number of aromatic nitrogens is 3. The maximum atomic E-state index is 4.66. The Hall–Kier alpha value is -1.49. The summed E-state index contributed by atoms with van der Waals surface area (Å²) in [4.78, 5) is 15.7. The van der Waals surface area contributed by atoms with Gasteiger partial charge in [0.2, 0.25) is 0 Å². The monoisotopic (exact) mass is 276 g/mol. The molecule has 5 heteroatoms. The van der Waals surface area contributed by atoms with Gasteiger partial charge in [-0.2, -0.15) is 0 Å². The van der Waals surface area contributed by atoms with E-state index in [0.717, 1.165) is 29.4 Å². The topological polar surface area (TPSA) is 41.9 Å². The molecule has 0 saturated heterocycles. The third-order valence-electron chi connectivity index (χ3n) is 2.88. The predicted octanol–water partition coefficient (Wildman–Crippen LogP) is 3.31. The summed E-state index contributed by atoms with van der Waals surface area (Å²) in [6.07, 6.45) is 1.80. The SMILES string of the molecule is Cc1cnc(C)c(N(C)Cc2csc(C(C)C)n2)n1. The standard InChI is InChI=1S/C14H20N4S/c1-9(2)14-17-12(8-19-14)7-18(5)13-11(4)15-6-10(3)16-13/h6,8-9H,7H2,1-5H3. The van der Waals surface area contributed by atoms with Crippen LogP contribution in [0.15, 0.2) is 11.6 Å². The van der Waals surface area contributed by atoms with E-state index in [2.05, 4.69) is 39.1 Å². The highest BCUT2D eigenvalue weighted by atomic mass is 32.1. The molecular formula is C14H20N4S. The van der Waals surface area contributed by atoms with Crippen molar-refractivity contribution in [2.75, 3.05) is 11.9 Å². The van der Waals surface area contributed by atoms with E-state index in [1.165, 1.54) is 5.01 Å². The van der Waals surface area contributed by atoms with Crippen LogP contribution in [-0.2, 0) is 6.54 Å². The van der Waals surface area contributed by atoms with Crippen molar-refractivity contribution in [3.8, 4) is 0 Å². The summed E-state index contributed by atoms with van der Waals surface area (Å²) < 4.78 is 0. The molecule has 2 rings (SSSR count). The zero-order valence-corrected chi connectivity index (χ0v) is 13.0. The van der Waals surface area contributed by atoms with Crippen LogP contribution in [0.25, 0.3) is 0 Å². The third-order valence-corrected chi connectivity index (χ3v) is 4.07. The molecule has 0 saturated carbocycles. The second-order valence-corrected chi connectivity index (χ2v) is 6.00. The quantitative estimate of drug-likeness (QED) is 0.859. The van der Waals surface area contributed by atoms with Gasteiger partial charge in [-0.05, 0) is 13.8 Å². The minimum Gasteiger partial charge on any atom is -0.352 e. The Kier molecular flexibility index (Phi) is 4.14. The van der Waals surface area contributed by atoms with Crippen molar-refractivity contribution in [3.05, 3.63) is 33.7 Å². The van der Waals surface area contributed by atoms with Crippen molar-refractivity contribution in [3.63, 3.8) is 0 Å². The number of hydrogen-bond acceptors (Lipinski definition) is 5. The van der Waals surface area contributed by atoms with Gasteiger partial charge in [-0.25, -0.2) is 9.97 Å². The fraction of sp³-hybridized carbons (Fsp3) is 0.500. The maximum absolute atomic E-state index is 4.66. The van der Waals surface area contributed by atoms with Crippen LogP contribution in [0.5, 0.6) is 0 Å². The molecule has 2 heterocycles. The van der Waals surface area contributed by atoms with E-state index >= 15 is 0 Å². The van der Waals surface area contributed by atoms with Crippen molar-refractivity contribution in [1.29, 1.82) is 0 Å². The normalized spacial score (nSPS) is 11.1. The molecule has 0 unspecified atom stereocenters. The fourth-order valence-corrected chi connectivity index (χ4v) is 2.69. The van der Waals surface area contributed by atoms with Crippen molar-refractivity contribution in [2.24, 2.45) is 0 Å². The van der Waals surface area contributed by atoms with E-state index in [4.69, 9.17) is 0 Å². The summed E-state index contributed by atoms with van der Waals surface area (Å²) in [5.41, 5.74) is 2.99. The second kappa shape index (κ2) is 5.65. The molecule has 0 aliphatic rings. The van der Waals surface area contributed by atoms with Gasteiger partial charge in [0.25, 0.3) is 0 Å². The molecule has 0 fully saturated rings. The summed E-state index contributed by atoms with van der Waals surface area (Å²) in [5, 5.41) is 3.32. The van der Waals surface area contributed by atoms with Gasteiger partial charge in [-0.3, -0.25) is 4.98 Å². The van der Waals surface area contributed by atoms with Gasteiger partial charge in [0, 0.05) is 24.5 Å². The predicted molar refractivity (Wildman–Crippen MR) is 79.8 cm³/mol. The molecule has 102 valence electrons. The van der Waals surface area contributed by atoms with E-state index < -0.39 is 0 Å². The molecule has 0 N–H and O–H groups in total. The van der Waals surface area contributed by atoms with Gasteiger partial charge in [-0.1, -0.05) is 13.8 Å². The number of aryl methyl sites for hydroxylation is 2. The first-order chi connectivity index (χ1) is 8.97. The molecule has 0 aliphatic heterocycles. The average molecular weight is 276 g/mol. The van der Waals surface area contributed by atoms with E-state index in [0.29, 0.717) is 5.92 Å². The first-order valence-electron chi connectivity index (χ1n) is 6.43. The van der Waals surface area contributed by atoms with E-state index in [-0.39, 0.29) is 0 Å². The molecule has 0 atom stereocenters. The largest absolute Gasteiger partial charge is 0.352 e. The van der Waals surface area contributed by atoms with Crippen LogP contribution in [0, 0.1) is 13.8 Å². The Morgan fingerprint density at radius 1 is 1.26 bits per heavy atom. The highest BCUT2D eigenvalue weighted by Gasteiger charge is 2.11. The first kappa shape index (κ1) is 13.9. The van der Waals surface area contributed by atoms with Crippen LogP contribution in [0.2, 0.25) is 0 Å². The molecule has 2 aromatic heterocycles. The lowest BCUT2D eigenvalue weighted by Gasteiger charge is -2.18. The highest BCUT2D eigenvalue weighted by Crippen LogP contribution is 2.21. The average Bonchev–Trinajstić information content (AvgIpc) is 2.80. The van der Waals surface area contributed by atoms with Crippen LogP contribution in [0.1, 0.15) is 41.9 Å². The molecule has 4 nitrogen and oxygen atoms in total. The van der Waals surface area contributed by atoms with Crippen molar-refractivity contribution in [1.82, 2.24) is 15.0 Å². The van der Waals surface area contributed by atoms with E-state index in [1.54, 1.807) is 17.5 Å². The zero-order valence-electron chi connectivity index (χ0n) is 12.1. The zero-order chi connectivity index (χ0) is 14.0. The van der Waals surface area contributed by atoms with Crippen LogP contribution in [0.3, 0.4) is 0 Å². The Balaban J connectivity index is 2.15. The summed E-state index contributed by atoms with van der Waals surface area (Å²) in [5.74, 6) is 1.42. The second-order valence-electron chi connectivity index (χ2n) is 5.11. The molecule has 0 aliphatic carbocycles. The van der Waals surface area contributed by atoms with E-state index in [1.807, 2.05) is 20.9 Å².